The summed E-state index contributed by atoms with van der Waals surface area (Å²) in [5.74, 6) is -2.64. The Bertz CT molecular complexity index is 279. The number of hydrogen-bond donors (Lipinski definition) is 1. The molecule has 3 unspecified atom stereocenters. The maximum atomic E-state index is 11.4. The molecule has 0 saturated carbocycles. The molecule has 15 heavy (non-hydrogen) atoms. The smallest absolute Gasteiger partial charge is 0.317 e. The summed E-state index contributed by atoms with van der Waals surface area (Å²) in [7, 11) is 0. The van der Waals surface area contributed by atoms with Crippen LogP contribution in [0.5, 0.6) is 0 Å². The minimum Gasteiger partial charge on any atom is -0.480 e. The van der Waals surface area contributed by atoms with Crippen molar-refractivity contribution in [2.75, 3.05) is 0 Å². The minimum atomic E-state index is -1.48. The fourth-order valence-electron chi connectivity index (χ4n) is 1.52. The van der Waals surface area contributed by atoms with E-state index in [1.165, 1.54) is 20.8 Å². The van der Waals surface area contributed by atoms with Crippen LogP contribution in [0.1, 0.15) is 34.6 Å². The number of Topliss-reactive ketones (excluding diaryl/α,β-unsaturated/α-hetero) is 2. The first kappa shape index (κ1) is 13.8. The van der Waals surface area contributed by atoms with Gasteiger partial charge in [-0.05, 0) is 26.7 Å². The summed E-state index contributed by atoms with van der Waals surface area (Å²) in [5.41, 5.74) is -1.48. The third-order valence-corrected chi connectivity index (χ3v) is 3.48. The van der Waals surface area contributed by atoms with Gasteiger partial charge in [-0.15, -0.1) is 0 Å². The monoisotopic (exact) mass is 214 g/mol. The van der Waals surface area contributed by atoms with E-state index in [0.29, 0.717) is 0 Å². The van der Waals surface area contributed by atoms with Crippen molar-refractivity contribution >= 4 is 17.5 Å². The van der Waals surface area contributed by atoms with Gasteiger partial charge in [0, 0.05) is 5.92 Å². The van der Waals surface area contributed by atoms with Crippen molar-refractivity contribution in [3.05, 3.63) is 0 Å². The van der Waals surface area contributed by atoms with Crippen LogP contribution in [0.3, 0.4) is 0 Å². The van der Waals surface area contributed by atoms with Crippen molar-refractivity contribution in [2.24, 2.45) is 17.3 Å². The van der Waals surface area contributed by atoms with Gasteiger partial charge < -0.3 is 5.11 Å². The highest BCUT2D eigenvalue weighted by molar-refractivity contribution is 6.02. The Morgan fingerprint density at radius 1 is 1.13 bits per heavy atom. The molecule has 0 radical (unpaired) electrons. The quantitative estimate of drug-likeness (QED) is 0.704. The van der Waals surface area contributed by atoms with Gasteiger partial charge in [-0.1, -0.05) is 13.8 Å². The van der Waals surface area contributed by atoms with E-state index in [4.69, 9.17) is 5.11 Å². The Morgan fingerprint density at radius 2 is 1.53 bits per heavy atom. The summed E-state index contributed by atoms with van der Waals surface area (Å²) in [4.78, 5) is 33.7. The van der Waals surface area contributed by atoms with Crippen molar-refractivity contribution in [3.63, 3.8) is 0 Å². The van der Waals surface area contributed by atoms with Crippen molar-refractivity contribution < 1.29 is 19.5 Å². The Kier molecular flexibility index (Phi) is 4.19. The predicted octanol–water partition coefficient (Wildman–Crippen LogP) is 1.53. The lowest BCUT2D eigenvalue weighted by Crippen LogP contribution is -2.44. The molecule has 0 aromatic rings. The lowest BCUT2D eigenvalue weighted by atomic mass is 9.69. The van der Waals surface area contributed by atoms with Crippen LogP contribution in [-0.2, 0) is 14.4 Å². The molecule has 86 valence electrons. The average Bonchev–Trinajstić information content (AvgIpc) is 2.13. The Labute approximate surface area is 89.7 Å². The lowest BCUT2D eigenvalue weighted by Gasteiger charge is -2.32. The van der Waals surface area contributed by atoms with E-state index in [1.54, 1.807) is 13.8 Å². The van der Waals surface area contributed by atoms with Gasteiger partial charge in [0.1, 0.15) is 17.0 Å². The molecule has 4 nitrogen and oxygen atoms in total. The van der Waals surface area contributed by atoms with Crippen molar-refractivity contribution in [1.29, 1.82) is 0 Å². The summed E-state index contributed by atoms with van der Waals surface area (Å²) in [6, 6.07) is 0. The minimum absolute atomic E-state index is 0.101. The Balaban J connectivity index is 5.20. The van der Waals surface area contributed by atoms with E-state index in [2.05, 4.69) is 0 Å². The molecule has 0 fully saturated rings. The maximum absolute atomic E-state index is 11.4. The van der Waals surface area contributed by atoms with Crippen LogP contribution < -0.4 is 0 Å². The first-order chi connectivity index (χ1) is 6.65. The predicted molar refractivity (Wildman–Crippen MR) is 55.4 cm³/mol. The maximum Gasteiger partial charge on any atom is 0.317 e. The third-order valence-electron chi connectivity index (χ3n) is 3.48. The normalized spacial score (nSPS) is 18.7. The molecule has 0 aliphatic carbocycles. The molecule has 0 aliphatic rings. The van der Waals surface area contributed by atoms with Gasteiger partial charge in [-0.25, -0.2) is 0 Å². The number of hydrogen-bond acceptors (Lipinski definition) is 3. The SMILES string of the molecule is CC(=O)C(C)C(C)C(C)(C(C)=O)C(=O)O. The second kappa shape index (κ2) is 4.55. The van der Waals surface area contributed by atoms with Crippen LogP contribution in [0.15, 0.2) is 0 Å². The molecule has 0 aromatic heterocycles. The molecule has 0 spiro atoms. The highest BCUT2D eigenvalue weighted by Crippen LogP contribution is 2.34. The van der Waals surface area contributed by atoms with E-state index in [9.17, 15) is 14.4 Å². The largest absolute Gasteiger partial charge is 0.480 e. The summed E-state index contributed by atoms with van der Waals surface area (Å²) < 4.78 is 0. The molecule has 4 heteroatoms. The van der Waals surface area contributed by atoms with Gasteiger partial charge in [-0.3, -0.25) is 14.4 Å². The lowest BCUT2D eigenvalue weighted by molar-refractivity contribution is -0.158. The fourth-order valence-corrected chi connectivity index (χ4v) is 1.52. The second-order valence-corrected chi connectivity index (χ2v) is 4.25. The van der Waals surface area contributed by atoms with Crippen LogP contribution >= 0.6 is 0 Å². The topological polar surface area (TPSA) is 71.4 Å². The average molecular weight is 214 g/mol. The van der Waals surface area contributed by atoms with Crippen LogP contribution in [0.4, 0.5) is 0 Å². The van der Waals surface area contributed by atoms with Crippen molar-refractivity contribution in [1.82, 2.24) is 0 Å². The number of carboxylic acid groups (broad SMARTS) is 1. The van der Waals surface area contributed by atoms with Crippen LogP contribution in [-0.4, -0.2) is 22.6 Å². The van der Waals surface area contributed by atoms with Gasteiger partial charge in [-0.2, -0.15) is 0 Å². The molecule has 0 amide bonds. The number of ketones is 2. The van der Waals surface area contributed by atoms with E-state index < -0.39 is 29.0 Å². The standard InChI is InChI=1S/C11H18O4/c1-6(8(3)12)7(2)11(5,9(4)13)10(14)15/h6-7H,1-5H3,(H,14,15). The van der Waals surface area contributed by atoms with E-state index in [1.807, 2.05) is 0 Å². The number of carbonyl (C=O) groups excluding carboxylic acids is 2. The molecule has 0 heterocycles. The zero-order chi connectivity index (χ0) is 12.4. The van der Waals surface area contributed by atoms with Gasteiger partial charge in [0.2, 0.25) is 0 Å². The molecule has 0 bridgehead atoms. The highest BCUT2D eigenvalue weighted by atomic mass is 16.4. The molecule has 0 saturated heterocycles. The van der Waals surface area contributed by atoms with Crippen LogP contribution in [0, 0.1) is 17.3 Å². The molecule has 0 aliphatic heterocycles. The van der Waals surface area contributed by atoms with Crippen LogP contribution in [0.25, 0.3) is 0 Å². The number of carboxylic acids is 1. The molecule has 0 rings (SSSR count). The van der Waals surface area contributed by atoms with E-state index in [-0.39, 0.29) is 5.78 Å². The summed E-state index contributed by atoms with van der Waals surface area (Å²) in [6.45, 7) is 7.31. The summed E-state index contributed by atoms with van der Waals surface area (Å²) >= 11 is 0. The molecule has 1 N–H and O–H groups in total. The number of aliphatic carboxylic acids is 1. The molecular formula is C11H18O4. The summed E-state index contributed by atoms with van der Waals surface area (Å²) in [5, 5.41) is 9.07. The van der Waals surface area contributed by atoms with E-state index >= 15 is 0 Å². The van der Waals surface area contributed by atoms with Crippen LogP contribution in [0.2, 0.25) is 0 Å². The third kappa shape index (κ3) is 2.43. The van der Waals surface area contributed by atoms with Gasteiger partial charge >= 0.3 is 5.97 Å². The van der Waals surface area contributed by atoms with Crippen molar-refractivity contribution in [3.8, 4) is 0 Å². The Hall–Kier alpha value is -1.19. The Morgan fingerprint density at radius 3 is 1.73 bits per heavy atom. The number of rotatable bonds is 5. The first-order valence-corrected chi connectivity index (χ1v) is 4.90. The van der Waals surface area contributed by atoms with Crippen molar-refractivity contribution in [2.45, 2.75) is 34.6 Å². The molecule has 0 aromatic carbocycles. The van der Waals surface area contributed by atoms with Gasteiger partial charge in [0.25, 0.3) is 0 Å². The van der Waals surface area contributed by atoms with Gasteiger partial charge in [0.05, 0.1) is 0 Å². The fraction of sp³-hybridized carbons (Fsp3) is 0.727. The summed E-state index contributed by atoms with van der Waals surface area (Å²) in [6.07, 6.45) is 0. The highest BCUT2D eigenvalue weighted by Gasteiger charge is 2.46. The molecule has 3 atom stereocenters. The zero-order valence-corrected chi connectivity index (χ0v) is 9.83. The zero-order valence-electron chi connectivity index (χ0n) is 9.83. The second-order valence-electron chi connectivity index (χ2n) is 4.25. The first-order valence-electron chi connectivity index (χ1n) is 4.90. The molecular weight excluding hydrogens is 196 g/mol. The van der Waals surface area contributed by atoms with Gasteiger partial charge in [0.15, 0.2) is 0 Å². The van der Waals surface area contributed by atoms with E-state index in [0.717, 1.165) is 0 Å². The number of carbonyl (C=O) groups is 3.